The minimum Gasteiger partial charge on any atom is -0.490 e. The van der Waals surface area contributed by atoms with Crippen molar-refractivity contribution in [1.82, 2.24) is 9.97 Å². The highest BCUT2D eigenvalue weighted by atomic mass is 16.5. The van der Waals surface area contributed by atoms with Gasteiger partial charge in [-0.1, -0.05) is 26.0 Å². The minimum atomic E-state index is -0.613. The van der Waals surface area contributed by atoms with Gasteiger partial charge in [-0.2, -0.15) is 0 Å². The maximum Gasteiger partial charge on any atom is 0.128 e. The van der Waals surface area contributed by atoms with Crippen LogP contribution in [-0.4, -0.2) is 45.6 Å². The van der Waals surface area contributed by atoms with Crippen molar-refractivity contribution in [3.05, 3.63) is 60.9 Å². The van der Waals surface area contributed by atoms with Crippen LogP contribution in [0.3, 0.4) is 0 Å². The van der Waals surface area contributed by atoms with Gasteiger partial charge in [0, 0.05) is 34.2 Å². The van der Waals surface area contributed by atoms with Gasteiger partial charge in [0.15, 0.2) is 0 Å². The first-order valence-electron chi connectivity index (χ1n) is 11.2. The van der Waals surface area contributed by atoms with Crippen LogP contribution in [0.25, 0.3) is 21.8 Å². The second-order valence-corrected chi connectivity index (χ2v) is 8.80. The van der Waals surface area contributed by atoms with E-state index in [-0.39, 0.29) is 19.1 Å². The number of rotatable bonds is 11. The monoisotopic (exact) mass is 436 g/mol. The Morgan fingerprint density at radius 2 is 1.19 bits per heavy atom. The van der Waals surface area contributed by atoms with Crippen LogP contribution in [-0.2, 0) is 0 Å². The largest absolute Gasteiger partial charge is 0.490 e. The van der Waals surface area contributed by atoms with Gasteiger partial charge in [-0.25, -0.2) is 0 Å². The average molecular weight is 437 g/mol. The van der Waals surface area contributed by atoms with Crippen LogP contribution in [0, 0.1) is 11.8 Å². The van der Waals surface area contributed by atoms with Crippen molar-refractivity contribution in [2.24, 2.45) is 11.8 Å². The van der Waals surface area contributed by atoms with Gasteiger partial charge in [0.05, 0.1) is 12.2 Å². The van der Waals surface area contributed by atoms with Gasteiger partial charge in [0.25, 0.3) is 0 Å². The number of benzene rings is 2. The average Bonchev–Trinajstić information content (AvgIpc) is 3.45. The van der Waals surface area contributed by atoms with Crippen molar-refractivity contribution in [3.8, 4) is 11.5 Å². The number of aromatic nitrogens is 2. The molecule has 0 aliphatic carbocycles. The summed E-state index contributed by atoms with van der Waals surface area (Å²) in [6, 6.07) is 15.6. The molecular formula is C26H32N2O4. The molecule has 2 aromatic carbocycles. The molecule has 6 heteroatoms. The predicted octanol–water partition coefficient (Wildman–Crippen LogP) is 4.88. The molecule has 4 aromatic rings. The van der Waals surface area contributed by atoms with Crippen LogP contribution >= 0.6 is 0 Å². The SMILES string of the molecule is CC(C)C(CC(O)COc1cccc2[nH]ccc12)CC(O)COc1cccc2[nH]ccc12. The third-order valence-electron chi connectivity index (χ3n) is 6.06. The van der Waals surface area contributed by atoms with Gasteiger partial charge in [0.2, 0.25) is 0 Å². The second kappa shape index (κ2) is 10.1. The fraction of sp³-hybridized carbons (Fsp3) is 0.385. The Morgan fingerprint density at radius 1 is 0.719 bits per heavy atom. The summed E-state index contributed by atoms with van der Waals surface area (Å²) < 4.78 is 11.8. The molecule has 170 valence electrons. The van der Waals surface area contributed by atoms with E-state index in [1.165, 1.54) is 0 Å². The first kappa shape index (κ1) is 22.2. The third kappa shape index (κ3) is 5.26. The lowest BCUT2D eigenvalue weighted by molar-refractivity contribution is 0.0432. The molecule has 2 unspecified atom stereocenters. The van der Waals surface area contributed by atoms with Gasteiger partial charge in [0.1, 0.15) is 24.7 Å². The Balaban J connectivity index is 1.29. The topological polar surface area (TPSA) is 90.5 Å². The molecule has 0 saturated carbocycles. The molecule has 2 aromatic heterocycles. The summed E-state index contributed by atoms with van der Waals surface area (Å²) in [5.41, 5.74) is 2.02. The Kier molecular flexibility index (Phi) is 7.02. The summed E-state index contributed by atoms with van der Waals surface area (Å²) >= 11 is 0. The molecule has 4 rings (SSSR count). The highest BCUT2D eigenvalue weighted by molar-refractivity contribution is 5.86. The second-order valence-electron chi connectivity index (χ2n) is 8.80. The van der Waals surface area contributed by atoms with Crippen molar-refractivity contribution in [1.29, 1.82) is 0 Å². The summed E-state index contributed by atoms with van der Waals surface area (Å²) in [7, 11) is 0. The Morgan fingerprint density at radius 3 is 1.62 bits per heavy atom. The van der Waals surface area contributed by atoms with Crippen LogP contribution in [0.5, 0.6) is 11.5 Å². The number of ether oxygens (including phenoxy) is 2. The molecule has 0 aliphatic rings. The number of aliphatic hydroxyl groups excluding tert-OH is 2. The van der Waals surface area contributed by atoms with Gasteiger partial charge >= 0.3 is 0 Å². The third-order valence-corrected chi connectivity index (χ3v) is 6.06. The Hall–Kier alpha value is -2.96. The number of hydrogen-bond donors (Lipinski definition) is 4. The Labute approximate surface area is 188 Å². The first-order chi connectivity index (χ1) is 15.5. The standard InChI is InChI=1S/C26H32N2O4/c1-17(2)18(13-19(29)15-31-25-7-3-5-23-21(25)9-11-27-23)14-20(30)16-32-26-8-4-6-24-22(26)10-12-28-24/h3-12,17-20,27-30H,13-16H2,1-2H3. The number of aromatic amines is 2. The lowest BCUT2D eigenvalue weighted by atomic mass is 9.85. The summed E-state index contributed by atoms with van der Waals surface area (Å²) in [4.78, 5) is 6.33. The number of nitrogens with one attached hydrogen (secondary N) is 2. The molecule has 0 radical (unpaired) electrons. The van der Waals surface area contributed by atoms with Gasteiger partial charge in [-0.05, 0) is 61.1 Å². The summed E-state index contributed by atoms with van der Waals surface area (Å²) in [5, 5.41) is 23.2. The van der Waals surface area contributed by atoms with E-state index >= 15 is 0 Å². The van der Waals surface area contributed by atoms with Crippen LogP contribution in [0.15, 0.2) is 60.9 Å². The number of hydrogen-bond acceptors (Lipinski definition) is 4. The summed E-state index contributed by atoms with van der Waals surface area (Å²) in [6.45, 7) is 4.67. The lowest BCUT2D eigenvalue weighted by Crippen LogP contribution is -2.28. The van der Waals surface area contributed by atoms with Gasteiger partial charge in [-0.3, -0.25) is 0 Å². The van der Waals surface area contributed by atoms with E-state index in [1.807, 2.05) is 60.9 Å². The fourth-order valence-corrected chi connectivity index (χ4v) is 4.21. The highest BCUT2D eigenvalue weighted by Crippen LogP contribution is 2.28. The van der Waals surface area contributed by atoms with E-state index in [0.717, 1.165) is 33.3 Å². The van der Waals surface area contributed by atoms with Crippen molar-refractivity contribution in [3.63, 3.8) is 0 Å². The van der Waals surface area contributed by atoms with Crippen LogP contribution in [0.2, 0.25) is 0 Å². The quantitative estimate of drug-likeness (QED) is 0.270. The summed E-state index contributed by atoms with van der Waals surface area (Å²) in [5.74, 6) is 1.99. The summed E-state index contributed by atoms with van der Waals surface area (Å²) in [6.07, 6.45) is 3.65. The molecule has 0 saturated heterocycles. The molecule has 0 bridgehead atoms. The van der Waals surface area contributed by atoms with E-state index in [0.29, 0.717) is 18.8 Å². The van der Waals surface area contributed by atoms with Crippen LogP contribution in [0.4, 0.5) is 0 Å². The predicted molar refractivity (Wildman–Crippen MR) is 127 cm³/mol. The smallest absolute Gasteiger partial charge is 0.128 e. The first-order valence-corrected chi connectivity index (χ1v) is 11.2. The molecule has 32 heavy (non-hydrogen) atoms. The molecule has 0 amide bonds. The van der Waals surface area contributed by atoms with E-state index in [1.54, 1.807) is 0 Å². The molecule has 4 N–H and O–H groups in total. The molecule has 0 spiro atoms. The van der Waals surface area contributed by atoms with E-state index < -0.39 is 12.2 Å². The molecule has 0 aliphatic heterocycles. The number of aliphatic hydroxyl groups is 2. The van der Waals surface area contributed by atoms with Crippen molar-refractivity contribution >= 4 is 21.8 Å². The molecule has 6 nitrogen and oxygen atoms in total. The normalized spacial score (nSPS) is 14.7. The van der Waals surface area contributed by atoms with Crippen molar-refractivity contribution < 1.29 is 19.7 Å². The zero-order valence-electron chi connectivity index (χ0n) is 18.6. The Bertz CT molecular complexity index is 1050. The number of H-pyrrole nitrogens is 2. The molecular weight excluding hydrogens is 404 g/mol. The maximum absolute atomic E-state index is 10.6. The zero-order chi connectivity index (χ0) is 22.5. The lowest BCUT2D eigenvalue weighted by Gasteiger charge is -2.26. The zero-order valence-corrected chi connectivity index (χ0v) is 18.6. The van der Waals surface area contributed by atoms with E-state index in [9.17, 15) is 10.2 Å². The van der Waals surface area contributed by atoms with Crippen LogP contribution < -0.4 is 9.47 Å². The molecule has 2 atom stereocenters. The van der Waals surface area contributed by atoms with Gasteiger partial charge < -0.3 is 29.7 Å². The van der Waals surface area contributed by atoms with E-state index in [2.05, 4.69) is 23.8 Å². The van der Waals surface area contributed by atoms with Crippen molar-refractivity contribution in [2.75, 3.05) is 13.2 Å². The molecule has 2 heterocycles. The molecule has 0 fully saturated rings. The van der Waals surface area contributed by atoms with Crippen LogP contribution in [0.1, 0.15) is 26.7 Å². The number of fused-ring (bicyclic) bond motifs is 2. The minimum absolute atomic E-state index is 0.151. The van der Waals surface area contributed by atoms with Gasteiger partial charge in [-0.15, -0.1) is 0 Å². The van der Waals surface area contributed by atoms with E-state index in [4.69, 9.17) is 9.47 Å². The fourth-order valence-electron chi connectivity index (χ4n) is 4.21. The van der Waals surface area contributed by atoms with Crippen molar-refractivity contribution in [2.45, 2.75) is 38.9 Å². The highest BCUT2D eigenvalue weighted by Gasteiger charge is 2.22. The maximum atomic E-state index is 10.6.